The van der Waals surface area contributed by atoms with Gasteiger partial charge in [0.1, 0.15) is 0 Å². The van der Waals surface area contributed by atoms with Gasteiger partial charge in [-0.3, -0.25) is 4.79 Å². The summed E-state index contributed by atoms with van der Waals surface area (Å²) >= 11 is 1.63. The van der Waals surface area contributed by atoms with Gasteiger partial charge in [0.05, 0.1) is 25.0 Å². The molecule has 1 unspecified atom stereocenters. The summed E-state index contributed by atoms with van der Waals surface area (Å²) in [6.45, 7) is 4.03. The Labute approximate surface area is 128 Å². The van der Waals surface area contributed by atoms with Gasteiger partial charge in [0.2, 0.25) is 0 Å². The molecule has 108 valence electrons. The number of thiophene rings is 1. The van der Waals surface area contributed by atoms with Gasteiger partial charge < -0.3 is 4.74 Å². The molecule has 0 amide bonds. The van der Waals surface area contributed by atoms with Crippen molar-refractivity contribution < 1.29 is 9.53 Å². The fourth-order valence-electron chi connectivity index (χ4n) is 2.14. The van der Waals surface area contributed by atoms with Crippen LogP contribution in [0.25, 0.3) is 10.4 Å². The van der Waals surface area contributed by atoms with Crippen LogP contribution >= 0.6 is 11.3 Å². The van der Waals surface area contributed by atoms with Crippen LogP contribution in [-0.4, -0.2) is 12.6 Å². The molecule has 0 spiro atoms. The summed E-state index contributed by atoms with van der Waals surface area (Å²) in [5, 5.41) is 11.1. The molecule has 1 aromatic carbocycles. The molecule has 3 nitrogen and oxygen atoms in total. The molecule has 0 bridgehead atoms. The first-order valence-electron chi connectivity index (χ1n) is 6.87. The number of ether oxygens (including phenoxy) is 1. The van der Waals surface area contributed by atoms with Crippen molar-refractivity contribution in [2.45, 2.75) is 26.2 Å². The summed E-state index contributed by atoms with van der Waals surface area (Å²) in [4.78, 5) is 12.9. The van der Waals surface area contributed by atoms with Crippen molar-refractivity contribution in [3.8, 4) is 16.5 Å². The maximum Gasteiger partial charge on any atom is 0.310 e. The molecular weight excluding hydrogens is 282 g/mol. The summed E-state index contributed by atoms with van der Waals surface area (Å²) in [6.07, 6.45) is 0.229. The Bertz CT molecular complexity index is 656. The van der Waals surface area contributed by atoms with Gasteiger partial charge in [0, 0.05) is 4.88 Å². The lowest BCUT2D eigenvalue weighted by molar-refractivity contribution is -0.142. The maximum atomic E-state index is 11.8. The average molecular weight is 299 g/mol. The molecule has 0 N–H and O–H groups in total. The van der Waals surface area contributed by atoms with Crippen LogP contribution < -0.4 is 0 Å². The van der Waals surface area contributed by atoms with Crippen LogP contribution in [0, 0.1) is 11.3 Å². The first-order valence-corrected chi connectivity index (χ1v) is 7.75. The molecule has 1 aromatic heterocycles. The predicted molar refractivity (Wildman–Crippen MR) is 84.1 cm³/mol. The van der Waals surface area contributed by atoms with Gasteiger partial charge >= 0.3 is 5.97 Å². The van der Waals surface area contributed by atoms with Crippen LogP contribution in [0.5, 0.6) is 0 Å². The third kappa shape index (κ3) is 3.71. The minimum atomic E-state index is -0.239. The number of esters is 1. The van der Waals surface area contributed by atoms with E-state index < -0.39 is 0 Å². The number of rotatable bonds is 5. The van der Waals surface area contributed by atoms with Crippen LogP contribution in [0.4, 0.5) is 0 Å². The number of hydrogen-bond donors (Lipinski definition) is 0. The fourth-order valence-corrected chi connectivity index (χ4v) is 2.93. The van der Waals surface area contributed by atoms with Crippen molar-refractivity contribution in [2.75, 3.05) is 6.61 Å². The molecule has 0 aliphatic carbocycles. The molecule has 2 rings (SSSR count). The highest BCUT2D eigenvalue weighted by molar-refractivity contribution is 7.13. The number of carbonyl (C=O) groups excluding carboxylic acids is 1. The van der Waals surface area contributed by atoms with Crippen LogP contribution in [0.15, 0.2) is 35.7 Å². The van der Waals surface area contributed by atoms with Gasteiger partial charge in [0.25, 0.3) is 0 Å². The minimum absolute atomic E-state index is 0.191. The number of benzene rings is 1. The van der Waals surface area contributed by atoms with E-state index in [9.17, 15) is 4.79 Å². The molecule has 2 aromatic rings. The zero-order chi connectivity index (χ0) is 15.2. The Hall–Kier alpha value is -2.12. The molecule has 0 saturated carbocycles. The standard InChI is InChI=1S/C17H17NO2S/c1-3-20-17(19)10-14-9-13(12(2)11-18)6-7-15(14)16-5-4-8-21-16/h4-9,12H,3,10H2,1-2H3. The highest BCUT2D eigenvalue weighted by atomic mass is 32.1. The van der Waals surface area contributed by atoms with Crippen LogP contribution in [0.2, 0.25) is 0 Å². The van der Waals surface area contributed by atoms with E-state index in [4.69, 9.17) is 10.00 Å². The molecule has 0 radical (unpaired) electrons. The summed E-state index contributed by atoms with van der Waals surface area (Å²) in [6, 6.07) is 12.1. The van der Waals surface area contributed by atoms with Crippen LogP contribution in [0.3, 0.4) is 0 Å². The topological polar surface area (TPSA) is 50.1 Å². The van der Waals surface area contributed by atoms with E-state index >= 15 is 0 Å². The molecule has 1 atom stereocenters. The molecule has 0 aliphatic heterocycles. The summed E-state index contributed by atoms with van der Waals surface area (Å²) in [5.41, 5.74) is 2.87. The van der Waals surface area contributed by atoms with Crippen LogP contribution in [-0.2, 0) is 16.0 Å². The number of nitrogens with zero attached hydrogens (tertiary/aromatic N) is 1. The number of carbonyl (C=O) groups is 1. The second-order valence-corrected chi connectivity index (χ2v) is 5.67. The lowest BCUT2D eigenvalue weighted by Gasteiger charge is -2.11. The van der Waals surface area contributed by atoms with E-state index in [1.807, 2.05) is 42.6 Å². The van der Waals surface area contributed by atoms with Crippen LogP contribution in [0.1, 0.15) is 30.9 Å². The molecule has 0 saturated heterocycles. The number of hydrogen-bond acceptors (Lipinski definition) is 4. The maximum absolute atomic E-state index is 11.8. The largest absolute Gasteiger partial charge is 0.466 e. The first-order chi connectivity index (χ1) is 10.2. The molecule has 1 heterocycles. The van der Waals surface area contributed by atoms with E-state index in [1.165, 1.54) is 0 Å². The molecule has 0 aliphatic rings. The Balaban J connectivity index is 2.40. The molecular formula is C17H17NO2S. The second kappa shape index (κ2) is 7.05. The van der Waals surface area contributed by atoms with Crippen molar-refractivity contribution in [2.24, 2.45) is 0 Å². The third-order valence-corrected chi connectivity index (χ3v) is 4.15. The van der Waals surface area contributed by atoms with E-state index in [0.29, 0.717) is 6.61 Å². The fraction of sp³-hybridized carbons (Fsp3) is 0.294. The van der Waals surface area contributed by atoms with Gasteiger partial charge in [-0.1, -0.05) is 24.3 Å². The van der Waals surface area contributed by atoms with Gasteiger partial charge in [-0.2, -0.15) is 5.26 Å². The highest BCUT2D eigenvalue weighted by Gasteiger charge is 2.14. The Morgan fingerprint density at radius 2 is 2.24 bits per heavy atom. The third-order valence-electron chi connectivity index (χ3n) is 3.25. The normalized spacial score (nSPS) is 11.7. The first kappa shape index (κ1) is 15.3. The Morgan fingerprint density at radius 1 is 1.43 bits per heavy atom. The lowest BCUT2D eigenvalue weighted by Crippen LogP contribution is -2.09. The highest BCUT2D eigenvalue weighted by Crippen LogP contribution is 2.31. The van der Waals surface area contributed by atoms with E-state index in [1.54, 1.807) is 18.3 Å². The van der Waals surface area contributed by atoms with Crippen molar-refractivity contribution in [1.82, 2.24) is 0 Å². The molecule has 21 heavy (non-hydrogen) atoms. The van der Waals surface area contributed by atoms with Crippen molar-refractivity contribution in [3.63, 3.8) is 0 Å². The minimum Gasteiger partial charge on any atom is -0.466 e. The van der Waals surface area contributed by atoms with Crippen molar-refractivity contribution in [3.05, 3.63) is 46.8 Å². The predicted octanol–water partition coefficient (Wildman–Crippen LogP) is 4.15. The zero-order valence-electron chi connectivity index (χ0n) is 12.1. The second-order valence-electron chi connectivity index (χ2n) is 4.73. The summed E-state index contributed by atoms with van der Waals surface area (Å²) in [7, 11) is 0. The smallest absolute Gasteiger partial charge is 0.310 e. The molecule has 0 fully saturated rings. The van der Waals surface area contributed by atoms with Gasteiger partial charge in [-0.05, 0) is 42.0 Å². The van der Waals surface area contributed by atoms with E-state index in [0.717, 1.165) is 21.6 Å². The molecule has 4 heteroatoms. The summed E-state index contributed by atoms with van der Waals surface area (Å²) < 4.78 is 5.04. The SMILES string of the molecule is CCOC(=O)Cc1cc(C(C)C#N)ccc1-c1cccs1. The number of nitriles is 1. The monoisotopic (exact) mass is 299 g/mol. The van der Waals surface area contributed by atoms with Gasteiger partial charge in [-0.15, -0.1) is 11.3 Å². The average Bonchev–Trinajstić information content (AvgIpc) is 3.00. The Kier molecular flexibility index (Phi) is 5.13. The van der Waals surface area contributed by atoms with Crippen molar-refractivity contribution in [1.29, 1.82) is 5.26 Å². The zero-order valence-corrected chi connectivity index (χ0v) is 12.9. The Morgan fingerprint density at radius 3 is 2.86 bits per heavy atom. The van der Waals surface area contributed by atoms with Gasteiger partial charge in [-0.25, -0.2) is 0 Å². The van der Waals surface area contributed by atoms with E-state index in [-0.39, 0.29) is 18.3 Å². The quantitative estimate of drug-likeness (QED) is 0.779. The lowest BCUT2D eigenvalue weighted by atomic mass is 9.95. The van der Waals surface area contributed by atoms with Gasteiger partial charge in [0.15, 0.2) is 0 Å². The van der Waals surface area contributed by atoms with Crippen molar-refractivity contribution >= 4 is 17.3 Å². The van der Waals surface area contributed by atoms with E-state index in [2.05, 4.69) is 6.07 Å². The summed E-state index contributed by atoms with van der Waals surface area (Å²) in [5.74, 6) is -0.430.